The lowest BCUT2D eigenvalue weighted by Gasteiger charge is -2.19. The minimum atomic E-state index is -4.36. The Morgan fingerprint density at radius 2 is 1.95 bits per heavy atom. The first-order chi connectivity index (χ1) is 8.96. The van der Waals surface area contributed by atoms with Crippen molar-refractivity contribution in [1.29, 1.82) is 0 Å². The summed E-state index contributed by atoms with van der Waals surface area (Å²) >= 11 is 0. The molecule has 7 nitrogen and oxygen atoms in total. The van der Waals surface area contributed by atoms with E-state index in [1.807, 2.05) is 0 Å². The number of rotatable bonds is 3. The average molecular weight is 306 g/mol. The first-order valence-corrected chi connectivity index (χ1v) is 6.95. The Labute approximate surface area is 116 Å². The summed E-state index contributed by atoms with van der Waals surface area (Å²) in [5, 5.41) is 6.95. The molecule has 0 fully saturated rings. The van der Waals surface area contributed by atoms with Crippen LogP contribution in [0.25, 0.3) is 0 Å². The van der Waals surface area contributed by atoms with Crippen LogP contribution in [0.4, 0.5) is 14.9 Å². The highest BCUT2D eigenvalue weighted by atomic mass is 32.2. The Hall–Kier alpha value is -1.87. The Morgan fingerprint density at radius 3 is 2.45 bits per heavy atom. The quantitative estimate of drug-likeness (QED) is 0.884. The highest BCUT2D eigenvalue weighted by Crippen LogP contribution is 2.23. The molecule has 0 atom stereocenters. The number of nitrogens with one attached hydrogen (secondary N) is 1. The van der Waals surface area contributed by atoms with Crippen molar-refractivity contribution in [3.05, 3.63) is 24.0 Å². The van der Waals surface area contributed by atoms with Gasteiger partial charge in [0.05, 0.1) is 0 Å². The van der Waals surface area contributed by atoms with Crippen LogP contribution in [0.2, 0.25) is 0 Å². The van der Waals surface area contributed by atoms with Crippen LogP contribution < -0.4 is 14.6 Å². The van der Waals surface area contributed by atoms with Crippen LogP contribution in [0.1, 0.15) is 20.8 Å². The van der Waals surface area contributed by atoms with Crippen LogP contribution in [0.3, 0.4) is 0 Å². The van der Waals surface area contributed by atoms with E-state index in [4.69, 9.17) is 4.74 Å². The smallest absolute Gasteiger partial charge is 0.412 e. The molecule has 3 N–H and O–H groups in total. The van der Waals surface area contributed by atoms with Gasteiger partial charge in [-0.1, -0.05) is 0 Å². The van der Waals surface area contributed by atoms with Crippen molar-refractivity contribution in [2.75, 3.05) is 5.32 Å². The van der Waals surface area contributed by atoms with Crippen molar-refractivity contribution in [2.24, 2.45) is 5.14 Å². The highest BCUT2D eigenvalue weighted by Gasteiger charge is 2.17. The molecular formula is C11H15FN2O5S. The summed E-state index contributed by atoms with van der Waals surface area (Å²) in [6.07, 6.45) is -0.773. The zero-order valence-corrected chi connectivity index (χ0v) is 12.0. The van der Waals surface area contributed by atoms with Crippen molar-refractivity contribution in [3.63, 3.8) is 0 Å². The summed E-state index contributed by atoms with van der Waals surface area (Å²) in [6, 6.07) is 3.12. The number of amides is 1. The molecule has 1 amide bonds. The van der Waals surface area contributed by atoms with Crippen LogP contribution >= 0.6 is 0 Å². The van der Waals surface area contributed by atoms with Crippen LogP contribution in [-0.2, 0) is 15.0 Å². The minimum Gasteiger partial charge on any atom is -0.444 e. The van der Waals surface area contributed by atoms with Gasteiger partial charge in [0.25, 0.3) is 0 Å². The molecule has 0 bridgehead atoms. The fourth-order valence-electron chi connectivity index (χ4n) is 1.19. The molecule has 0 aliphatic carbocycles. The number of carbonyl (C=O) groups excluding carboxylic acids is 1. The highest BCUT2D eigenvalue weighted by molar-refractivity contribution is 7.84. The molecule has 0 saturated carbocycles. The van der Waals surface area contributed by atoms with Gasteiger partial charge in [0.15, 0.2) is 11.6 Å². The number of carbonyl (C=O) groups is 1. The molecule has 1 aromatic rings. The molecule has 0 heterocycles. The third-order valence-corrected chi connectivity index (χ3v) is 2.19. The first kappa shape index (κ1) is 16.2. The number of halogens is 1. The van der Waals surface area contributed by atoms with E-state index in [9.17, 15) is 17.6 Å². The van der Waals surface area contributed by atoms with Crippen molar-refractivity contribution >= 4 is 22.1 Å². The lowest BCUT2D eigenvalue weighted by Crippen LogP contribution is -2.27. The molecule has 1 aromatic carbocycles. The summed E-state index contributed by atoms with van der Waals surface area (Å²) in [7, 11) is -4.36. The lowest BCUT2D eigenvalue weighted by atomic mass is 10.2. The van der Waals surface area contributed by atoms with E-state index in [-0.39, 0.29) is 5.69 Å². The molecule has 0 saturated heterocycles. The van der Waals surface area contributed by atoms with Crippen molar-refractivity contribution in [1.82, 2.24) is 0 Å². The van der Waals surface area contributed by atoms with E-state index in [0.29, 0.717) is 0 Å². The van der Waals surface area contributed by atoms with Gasteiger partial charge in [-0.2, -0.15) is 13.6 Å². The van der Waals surface area contributed by atoms with Gasteiger partial charge in [-0.15, -0.1) is 0 Å². The predicted molar refractivity (Wildman–Crippen MR) is 70.0 cm³/mol. The second-order valence-electron chi connectivity index (χ2n) is 4.85. The Bertz CT molecular complexity index is 610. The Balaban J connectivity index is 2.88. The van der Waals surface area contributed by atoms with Gasteiger partial charge >= 0.3 is 16.4 Å². The van der Waals surface area contributed by atoms with Crippen LogP contribution in [0.15, 0.2) is 18.2 Å². The fourth-order valence-corrected chi connectivity index (χ4v) is 1.57. The van der Waals surface area contributed by atoms with Gasteiger partial charge < -0.3 is 8.92 Å². The van der Waals surface area contributed by atoms with E-state index in [0.717, 1.165) is 12.1 Å². The number of anilines is 1. The van der Waals surface area contributed by atoms with Gasteiger partial charge in [0, 0.05) is 11.8 Å². The third kappa shape index (κ3) is 5.85. The fraction of sp³-hybridized carbons (Fsp3) is 0.364. The maximum Gasteiger partial charge on any atom is 0.412 e. The van der Waals surface area contributed by atoms with E-state index >= 15 is 0 Å². The molecule has 9 heteroatoms. The Morgan fingerprint density at radius 1 is 1.35 bits per heavy atom. The number of hydrogen-bond acceptors (Lipinski definition) is 5. The zero-order valence-electron chi connectivity index (χ0n) is 11.1. The van der Waals surface area contributed by atoms with Gasteiger partial charge in [0.2, 0.25) is 0 Å². The third-order valence-electron chi connectivity index (χ3n) is 1.78. The SMILES string of the molecule is CC(C)(C)OC(=O)Nc1ccc(F)c(OS(N)(=O)=O)c1. The standard InChI is InChI=1S/C11H15FN2O5S/c1-11(2,3)18-10(15)14-7-4-5-8(12)9(6-7)19-20(13,16)17/h4-6H,1-3H3,(H,14,15)(H2,13,16,17). The zero-order chi connectivity index (χ0) is 15.6. The summed E-state index contributed by atoms with van der Waals surface area (Å²) in [5.74, 6) is -1.56. The molecule has 0 aliphatic rings. The lowest BCUT2D eigenvalue weighted by molar-refractivity contribution is 0.0636. The molecule has 0 radical (unpaired) electrons. The van der Waals surface area contributed by atoms with Crippen molar-refractivity contribution in [3.8, 4) is 5.75 Å². The van der Waals surface area contributed by atoms with Gasteiger partial charge in [-0.3, -0.25) is 5.32 Å². The number of benzene rings is 1. The maximum atomic E-state index is 13.3. The first-order valence-electron chi connectivity index (χ1n) is 5.48. The summed E-state index contributed by atoms with van der Waals surface area (Å²) < 4.78 is 44.0. The van der Waals surface area contributed by atoms with Crippen LogP contribution in [0.5, 0.6) is 5.75 Å². The van der Waals surface area contributed by atoms with E-state index in [2.05, 4.69) is 14.6 Å². The number of hydrogen-bond donors (Lipinski definition) is 2. The van der Waals surface area contributed by atoms with E-state index < -0.39 is 33.6 Å². The molecule has 0 spiro atoms. The van der Waals surface area contributed by atoms with E-state index in [1.165, 1.54) is 6.07 Å². The topological polar surface area (TPSA) is 108 Å². The molecule has 0 unspecified atom stereocenters. The van der Waals surface area contributed by atoms with Crippen LogP contribution in [0, 0.1) is 5.82 Å². The predicted octanol–water partition coefficient (Wildman–Crippen LogP) is 1.75. The largest absolute Gasteiger partial charge is 0.444 e. The molecule has 1 rings (SSSR count). The van der Waals surface area contributed by atoms with Crippen LogP contribution in [-0.4, -0.2) is 20.1 Å². The van der Waals surface area contributed by atoms with Crippen molar-refractivity contribution in [2.45, 2.75) is 26.4 Å². The monoisotopic (exact) mass is 306 g/mol. The normalized spacial score (nSPS) is 11.8. The van der Waals surface area contributed by atoms with Gasteiger partial charge in [0.1, 0.15) is 5.60 Å². The average Bonchev–Trinajstić information content (AvgIpc) is 2.18. The molecule has 0 aliphatic heterocycles. The molecule has 112 valence electrons. The molecule has 20 heavy (non-hydrogen) atoms. The maximum absolute atomic E-state index is 13.3. The van der Waals surface area contributed by atoms with Gasteiger partial charge in [-0.05, 0) is 32.9 Å². The summed E-state index contributed by atoms with van der Waals surface area (Å²) in [6.45, 7) is 5.02. The molecular weight excluding hydrogens is 291 g/mol. The summed E-state index contributed by atoms with van der Waals surface area (Å²) in [4.78, 5) is 11.5. The number of ether oxygens (including phenoxy) is 1. The van der Waals surface area contributed by atoms with Crippen molar-refractivity contribution < 1.29 is 26.5 Å². The summed E-state index contributed by atoms with van der Waals surface area (Å²) in [5.41, 5.74) is -0.608. The molecule has 0 aromatic heterocycles. The minimum absolute atomic E-state index is 0.0966. The second-order valence-corrected chi connectivity index (χ2v) is 6.00. The van der Waals surface area contributed by atoms with Gasteiger partial charge in [-0.25, -0.2) is 9.18 Å². The second kappa shape index (κ2) is 5.63. The Kier molecular flexibility index (Phi) is 4.56. The van der Waals surface area contributed by atoms with E-state index in [1.54, 1.807) is 20.8 Å². The number of nitrogens with two attached hydrogens (primary N) is 1.